The maximum absolute atomic E-state index is 10.5. The highest BCUT2D eigenvalue weighted by atomic mass is 16.4. The van der Waals surface area contributed by atoms with Crippen molar-refractivity contribution in [1.29, 1.82) is 0 Å². The molecule has 2 heterocycles. The van der Waals surface area contributed by atoms with Crippen LogP contribution in [0, 0.1) is 0 Å². The Kier molecular flexibility index (Phi) is 2.95. The molecule has 0 atom stereocenters. The number of carboxylic acids is 1. The van der Waals surface area contributed by atoms with Crippen LogP contribution in [0.4, 0.5) is 5.82 Å². The fourth-order valence-electron chi connectivity index (χ4n) is 1.18. The lowest BCUT2D eigenvalue weighted by atomic mass is 10.4. The van der Waals surface area contributed by atoms with Crippen LogP contribution in [0.5, 0.6) is 0 Å². The van der Waals surface area contributed by atoms with Gasteiger partial charge in [-0.1, -0.05) is 0 Å². The summed E-state index contributed by atoms with van der Waals surface area (Å²) in [5.74, 6) is -0.00509. The van der Waals surface area contributed by atoms with Crippen molar-refractivity contribution in [3.8, 4) is 0 Å². The van der Waals surface area contributed by atoms with Gasteiger partial charge in [-0.3, -0.25) is 4.68 Å². The molecular formula is C9H10N6O2. The monoisotopic (exact) mass is 234 g/mol. The maximum Gasteiger partial charge on any atom is 0.356 e. The number of carbonyl (C=O) groups is 1. The average Bonchev–Trinajstić information content (AvgIpc) is 2.73. The third-order valence-electron chi connectivity index (χ3n) is 1.96. The first-order valence-electron chi connectivity index (χ1n) is 4.80. The molecule has 88 valence electrons. The minimum atomic E-state index is -1.10. The molecule has 0 unspecified atom stereocenters. The number of aromatic carboxylic acids is 1. The van der Waals surface area contributed by atoms with Crippen LogP contribution in [0.25, 0.3) is 0 Å². The van der Waals surface area contributed by atoms with Gasteiger partial charge in [0, 0.05) is 7.05 Å². The molecule has 2 N–H and O–H groups in total. The molecule has 2 aromatic heterocycles. The molecule has 0 saturated carbocycles. The lowest BCUT2D eigenvalue weighted by Gasteiger charge is -2.01. The van der Waals surface area contributed by atoms with E-state index >= 15 is 0 Å². The molecule has 2 rings (SSSR count). The standard InChI is InChI=1S/C9H10N6O2/c1-15-5-11-8(14-15)4-10-7-3-2-6(9(16)17)12-13-7/h2-3,5H,4H2,1H3,(H,10,13)(H,16,17). The molecule has 8 nitrogen and oxygen atoms in total. The topological polar surface area (TPSA) is 106 Å². The first kappa shape index (κ1) is 11.0. The fraction of sp³-hybridized carbons (Fsp3) is 0.222. The van der Waals surface area contributed by atoms with Gasteiger partial charge in [-0.25, -0.2) is 9.78 Å². The summed E-state index contributed by atoms with van der Waals surface area (Å²) >= 11 is 0. The van der Waals surface area contributed by atoms with Crippen LogP contribution >= 0.6 is 0 Å². The summed E-state index contributed by atoms with van der Waals surface area (Å²) in [5, 5.41) is 22.9. The molecule has 0 radical (unpaired) electrons. The van der Waals surface area contributed by atoms with Crippen molar-refractivity contribution in [2.45, 2.75) is 6.54 Å². The van der Waals surface area contributed by atoms with Crippen molar-refractivity contribution >= 4 is 11.8 Å². The van der Waals surface area contributed by atoms with Crippen LogP contribution < -0.4 is 5.32 Å². The van der Waals surface area contributed by atoms with Gasteiger partial charge in [0.1, 0.15) is 12.1 Å². The number of hydrogen-bond donors (Lipinski definition) is 2. The predicted octanol–water partition coefficient (Wildman–Crippen LogP) is -0.0846. The number of aryl methyl sites for hydroxylation is 1. The molecule has 0 amide bonds. The zero-order chi connectivity index (χ0) is 12.3. The summed E-state index contributed by atoms with van der Waals surface area (Å²) in [6.07, 6.45) is 1.59. The SMILES string of the molecule is Cn1cnc(CNc2ccc(C(=O)O)nn2)n1. The number of hydrogen-bond acceptors (Lipinski definition) is 6. The maximum atomic E-state index is 10.5. The fourth-order valence-corrected chi connectivity index (χ4v) is 1.18. The number of nitrogens with one attached hydrogen (secondary N) is 1. The molecule has 0 aliphatic heterocycles. The lowest BCUT2D eigenvalue weighted by Crippen LogP contribution is -2.07. The van der Waals surface area contributed by atoms with E-state index in [-0.39, 0.29) is 5.69 Å². The van der Waals surface area contributed by atoms with Crippen LogP contribution in [0.3, 0.4) is 0 Å². The quantitative estimate of drug-likeness (QED) is 0.761. The number of anilines is 1. The lowest BCUT2D eigenvalue weighted by molar-refractivity contribution is 0.0689. The Balaban J connectivity index is 1.97. The van der Waals surface area contributed by atoms with Gasteiger partial charge in [0.2, 0.25) is 0 Å². The summed E-state index contributed by atoms with van der Waals surface area (Å²) in [6.45, 7) is 0.405. The summed E-state index contributed by atoms with van der Waals surface area (Å²) in [4.78, 5) is 14.6. The Morgan fingerprint density at radius 2 is 2.29 bits per heavy atom. The highest BCUT2D eigenvalue weighted by Crippen LogP contribution is 2.03. The third-order valence-corrected chi connectivity index (χ3v) is 1.96. The van der Waals surface area contributed by atoms with E-state index in [0.29, 0.717) is 18.2 Å². The van der Waals surface area contributed by atoms with Crippen LogP contribution in [-0.2, 0) is 13.6 Å². The van der Waals surface area contributed by atoms with E-state index < -0.39 is 5.97 Å². The van der Waals surface area contributed by atoms with E-state index in [1.165, 1.54) is 6.07 Å². The molecule has 8 heteroatoms. The van der Waals surface area contributed by atoms with Crippen molar-refractivity contribution in [2.24, 2.45) is 7.05 Å². The molecule has 17 heavy (non-hydrogen) atoms. The van der Waals surface area contributed by atoms with Crippen molar-refractivity contribution in [2.75, 3.05) is 5.32 Å². The summed E-state index contributed by atoms with van der Waals surface area (Å²) in [6, 6.07) is 2.92. The van der Waals surface area contributed by atoms with Gasteiger partial charge in [-0.15, -0.1) is 10.2 Å². The van der Waals surface area contributed by atoms with Gasteiger partial charge < -0.3 is 10.4 Å². The molecular weight excluding hydrogens is 224 g/mol. The second kappa shape index (κ2) is 4.56. The average molecular weight is 234 g/mol. The Hall–Kier alpha value is -2.51. The van der Waals surface area contributed by atoms with Crippen molar-refractivity contribution in [3.63, 3.8) is 0 Å². The van der Waals surface area contributed by atoms with E-state index in [2.05, 4.69) is 25.6 Å². The number of rotatable bonds is 4. The van der Waals surface area contributed by atoms with E-state index in [1.807, 2.05) is 0 Å². The van der Waals surface area contributed by atoms with Gasteiger partial charge in [0.05, 0.1) is 6.54 Å². The third kappa shape index (κ3) is 2.74. The second-order valence-corrected chi connectivity index (χ2v) is 3.30. The molecule has 0 fully saturated rings. The number of aromatic nitrogens is 5. The Morgan fingerprint density at radius 3 is 2.82 bits per heavy atom. The number of carboxylic acid groups (broad SMARTS) is 1. The van der Waals surface area contributed by atoms with Crippen LogP contribution in [0.15, 0.2) is 18.5 Å². The molecule has 0 aliphatic rings. The Labute approximate surface area is 96.3 Å². The molecule has 0 aliphatic carbocycles. The summed E-state index contributed by atoms with van der Waals surface area (Å²) in [5.41, 5.74) is -0.0912. The highest BCUT2D eigenvalue weighted by Gasteiger charge is 2.05. The van der Waals surface area contributed by atoms with Crippen molar-refractivity contribution in [3.05, 3.63) is 30.0 Å². The smallest absolute Gasteiger partial charge is 0.356 e. The second-order valence-electron chi connectivity index (χ2n) is 3.30. The number of nitrogens with zero attached hydrogens (tertiary/aromatic N) is 5. The van der Waals surface area contributed by atoms with Gasteiger partial charge in [0.15, 0.2) is 11.5 Å². The molecule has 2 aromatic rings. The van der Waals surface area contributed by atoms with Gasteiger partial charge in [-0.05, 0) is 12.1 Å². The van der Waals surface area contributed by atoms with Gasteiger partial charge in [-0.2, -0.15) is 5.10 Å². The zero-order valence-corrected chi connectivity index (χ0v) is 9.03. The van der Waals surface area contributed by atoms with Crippen LogP contribution in [0.2, 0.25) is 0 Å². The largest absolute Gasteiger partial charge is 0.476 e. The van der Waals surface area contributed by atoms with Crippen molar-refractivity contribution in [1.82, 2.24) is 25.0 Å². The van der Waals surface area contributed by atoms with E-state index in [9.17, 15) is 4.79 Å². The Morgan fingerprint density at radius 1 is 1.47 bits per heavy atom. The zero-order valence-electron chi connectivity index (χ0n) is 9.03. The minimum absolute atomic E-state index is 0.0912. The van der Waals surface area contributed by atoms with E-state index in [4.69, 9.17) is 5.11 Å². The molecule has 0 spiro atoms. The van der Waals surface area contributed by atoms with Crippen molar-refractivity contribution < 1.29 is 9.90 Å². The first-order valence-corrected chi connectivity index (χ1v) is 4.80. The van der Waals surface area contributed by atoms with E-state index in [0.717, 1.165) is 0 Å². The first-order chi connectivity index (χ1) is 8.15. The normalized spacial score (nSPS) is 10.2. The molecule has 0 bridgehead atoms. The summed E-state index contributed by atoms with van der Waals surface area (Å²) < 4.78 is 1.59. The van der Waals surface area contributed by atoms with Gasteiger partial charge in [0.25, 0.3) is 0 Å². The molecule has 0 aromatic carbocycles. The van der Waals surface area contributed by atoms with E-state index in [1.54, 1.807) is 24.1 Å². The van der Waals surface area contributed by atoms with Gasteiger partial charge >= 0.3 is 5.97 Å². The van der Waals surface area contributed by atoms with Crippen LogP contribution in [-0.4, -0.2) is 36.0 Å². The highest BCUT2D eigenvalue weighted by molar-refractivity contribution is 5.85. The van der Waals surface area contributed by atoms with Crippen LogP contribution in [0.1, 0.15) is 16.3 Å². The minimum Gasteiger partial charge on any atom is -0.476 e. The Bertz CT molecular complexity index is 521. The molecule has 0 saturated heterocycles. The predicted molar refractivity (Wildman–Crippen MR) is 57.3 cm³/mol. The summed E-state index contributed by atoms with van der Waals surface area (Å²) in [7, 11) is 1.78.